The van der Waals surface area contributed by atoms with Crippen molar-refractivity contribution in [3.63, 3.8) is 0 Å². The van der Waals surface area contributed by atoms with Gasteiger partial charge >= 0.3 is 0 Å². The van der Waals surface area contributed by atoms with E-state index in [2.05, 4.69) is 0 Å². The number of ketones is 1. The van der Waals surface area contributed by atoms with Crippen molar-refractivity contribution >= 4 is 17.1 Å². The lowest BCUT2D eigenvalue weighted by molar-refractivity contribution is 0.0992. The smallest absolute Gasteiger partial charge is 0.172 e. The third kappa shape index (κ3) is 1.69. The largest absolute Gasteiger partial charge is 0.293 e. The lowest BCUT2D eigenvalue weighted by Crippen LogP contribution is -1.90. The first kappa shape index (κ1) is 8.47. The second kappa shape index (κ2) is 3.18. The molecule has 0 atom stereocenters. The highest BCUT2D eigenvalue weighted by atomic mass is 32.1. The lowest BCUT2D eigenvalue weighted by Gasteiger charge is -1.87. The average molecular weight is 168 g/mol. The highest BCUT2D eigenvalue weighted by Gasteiger charge is 2.07. The van der Waals surface area contributed by atoms with E-state index < -0.39 is 0 Å². The number of rotatable bonds is 2. The number of aryl methyl sites for hydroxylation is 2. The first-order valence-corrected chi connectivity index (χ1v) is 4.57. The zero-order valence-electron chi connectivity index (χ0n) is 7.10. The zero-order valence-corrected chi connectivity index (χ0v) is 7.92. The topological polar surface area (TPSA) is 17.1 Å². The van der Waals surface area contributed by atoms with Crippen LogP contribution in [0, 0.1) is 13.8 Å². The van der Waals surface area contributed by atoms with Crippen molar-refractivity contribution in [2.45, 2.75) is 27.2 Å². The second-order valence-corrected chi connectivity index (χ2v) is 3.88. The molecule has 1 nitrogen and oxygen atoms in total. The molecule has 1 aromatic rings. The Kier molecular flexibility index (Phi) is 2.45. The van der Waals surface area contributed by atoms with Gasteiger partial charge in [-0.1, -0.05) is 6.92 Å². The fraction of sp³-hybridized carbons (Fsp3) is 0.444. The Balaban J connectivity index is 2.97. The van der Waals surface area contributed by atoms with Gasteiger partial charge in [-0.25, -0.2) is 0 Å². The van der Waals surface area contributed by atoms with Crippen LogP contribution in [-0.2, 0) is 0 Å². The molecule has 0 amide bonds. The van der Waals surface area contributed by atoms with E-state index in [1.54, 1.807) is 11.3 Å². The van der Waals surface area contributed by atoms with Gasteiger partial charge in [-0.3, -0.25) is 4.79 Å². The number of thiophene rings is 1. The van der Waals surface area contributed by atoms with Crippen LogP contribution >= 0.6 is 11.3 Å². The summed E-state index contributed by atoms with van der Waals surface area (Å²) in [6.07, 6.45) is 0.611. The summed E-state index contributed by atoms with van der Waals surface area (Å²) in [4.78, 5) is 13.3. The third-order valence-corrected chi connectivity index (χ3v) is 2.96. The molecule has 0 saturated heterocycles. The molecule has 0 N–H and O–H groups in total. The van der Waals surface area contributed by atoms with Gasteiger partial charge < -0.3 is 0 Å². The molecular weight excluding hydrogens is 156 g/mol. The van der Waals surface area contributed by atoms with E-state index in [0.29, 0.717) is 6.42 Å². The molecular formula is C9H12OS. The van der Waals surface area contributed by atoms with Crippen LogP contribution in [0.3, 0.4) is 0 Å². The monoisotopic (exact) mass is 168 g/mol. The number of Topliss-reactive ketones (excluding diaryl/α,β-unsaturated/α-hetero) is 1. The Morgan fingerprint density at radius 3 is 2.55 bits per heavy atom. The number of hydrogen-bond acceptors (Lipinski definition) is 2. The van der Waals surface area contributed by atoms with Crippen LogP contribution in [0.1, 0.15) is 33.5 Å². The quantitative estimate of drug-likeness (QED) is 0.620. The third-order valence-electron chi connectivity index (χ3n) is 1.76. The lowest BCUT2D eigenvalue weighted by atomic mass is 10.2. The molecule has 0 fully saturated rings. The van der Waals surface area contributed by atoms with Crippen LogP contribution in [0.15, 0.2) is 6.07 Å². The van der Waals surface area contributed by atoms with E-state index >= 15 is 0 Å². The molecule has 0 aliphatic rings. The van der Waals surface area contributed by atoms with Crippen molar-refractivity contribution < 1.29 is 4.79 Å². The molecule has 0 aromatic carbocycles. The van der Waals surface area contributed by atoms with Crippen LogP contribution in [-0.4, -0.2) is 5.78 Å². The molecule has 1 aromatic heterocycles. The Hall–Kier alpha value is -0.630. The van der Waals surface area contributed by atoms with Gasteiger partial charge in [0, 0.05) is 11.3 Å². The normalized spacial score (nSPS) is 10.1. The van der Waals surface area contributed by atoms with Crippen molar-refractivity contribution in [2.24, 2.45) is 0 Å². The minimum Gasteiger partial charge on any atom is -0.293 e. The van der Waals surface area contributed by atoms with E-state index in [1.165, 1.54) is 10.4 Å². The zero-order chi connectivity index (χ0) is 8.43. The predicted octanol–water partition coefficient (Wildman–Crippen LogP) is 2.96. The Morgan fingerprint density at radius 2 is 2.18 bits per heavy atom. The van der Waals surface area contributed by atoms with Crippen molar-refractivity contribution in [1.82, 2.24) is 0 Å². The van der Waals surface area contributed by atoms with Crippen molar-refractivity contribution in [3.8, 4) is 0 Å². The molecule has 2 heteroatoms. The molecule has 60 valence electrons. The van der Waals surface area contributed by atoms with Crippen molar-refractivity contribution in [1.29, 1.82) is 0 Å². The molecule has 0 bridgehead atoms. The maximum absolute atomic E-state index is 11.2. The molecule has 0 spiro atoms. The number of carbonyl (C=O) groups excluding carboxylic acids is 1. The van der Waals surface area contributed by atoms with Gasteiger partial charge in [-0.15, -0.1) is 11.3 Å². The Bertz CT molecular complexity index is 254. The minimum absolute atomic E-state index is 0.256. The second-order valence-electron chi connectivity index (χ2n) is 2.63. The minimum atomic E-state index is 0.256. The van der Waals surface area contributed by atoms with Gasteiger partial charge in [0.2, 0.25) is 0 Å². The molecule has 0 saturated carbocycles. The van der Waals surface area contributed by atoms with Gasteiger partial charge in [0.1, 0.15) is 0 Å². The fourth-order valence-electron chi connectivity index (χ4n) is 0.885. The molecule has 11 heavy (non-hydrogen) atoms. The summed E-state index contributed by atoms with van der Waals surface area (Å²) in [5.41, 5.74) is 1.23. The summed E-state index contributed by atoms with van der Waals surface area (Å²) in [6.45, 7) is 5.98. The fourth-order valence-corrected chi connectivity index (χ4v) is 1.93. The summed E-state index contributed by atoms with van der Waals surface area (Å²) >= 11 is 1.60. The Morgan fingerprint density at radius 1 is 1.55 bits per heavy atom. The maximum Gasteiger partial charge on any atom is 0.172 e. The van der Waals surface area contributed by atoms with E-state index in [-0.39, 0.29) is 5.78 Å². The van der Waals surface area contributed by atoms with Crippen molar-refractivity contribution in [3.05, 3.63) is 21.4 Å². The summed E-state index contributed by atoms with van der Waals surface area (Å²) in [5.74, 6) is 0.256. The first-order chi connectivity index (χ1) is 5.15. The molecule has 0 unspecified atom stereocenters. The summed E-state index contributed by atoms with van der Waals surface area (Å²) < 4.78 is 0. The van der Waals surface area contributed by atoms with E-state index in [4.69, 9.17) is 0 Å². The molecule has 1 heterocycles. The van der Waals surface area contributed by atoms with Crippen LogP contribution in [0.2, 0.25) is 0 Å². The Labute approximate surface area is 71.1 Å². The predicted molar refractivity (Wildman–Crippen MR) is 48.4 cm³/mol. The van der Waals surface area contributed by atoms with Gasteiger partial charge in [0.25, 0.3) is 0 Å². The van der Waals surface area contributed by atoms with Gasteiger partial charge in [-0.05, 0) is 25.5 Å². The van der Waals surface area contributed by atoms with Crippen LogP contribution in [0.5, 0.6) is 0 Å². The average Bonchev–Trinajstić information content (AvgIpc) is 2.31. The van der Waals surface area contributed by atoms with Crippen LogP contribution in [0.25, 0.3) is 0 Å². The number of hydrogen-bond donors (Lipinski definition) is 0. The highest BCUT2D eigenvalue weighted by molar-refractivity contribution is 7.14. The molecule has 1 rings (SSSR count). The molecule has 0 aliphatic heterocycles. The van der Waals surface area contributed by atoms with Gasteiger partial charge in [-0.2, -0.15) is 0 Å². The maximum atomic E-state index is 11.2. The number of carbonyl (C=O) groups is 1. The summed E-state index contributed by atoms with van der Waals surface area (Å²) in [5, 5.41) is 0. The van der Waals surface area contributed by atoms with E-state index in [0.717, 1.165) is 4.88 Å². The van der Waals surface area contributed by atoms with Crippen LogP contribution in [0.4, 0.5) is 0 Å². The van der Waals surface area contributed by atoms with Gasteiger partial charge in [0.05, 0.1) is 4.88 Å². The standard InChI is InChI=1S/C9H12OS/c1-4-8(10)9-5-6(2)7(3)11-9/h5H,4H2,1-3H3. The summed E-state index contributed by atoms with van der Waals surface area (Å²) in [6, 6.07) is 1.98. The highest BCUT2D eigenvalue weighted by Crippen LogP contribution is 2.21. The SMILES string of the molecule is CCC(=O)c1cc(C)c(C)s1. The van der Waals surface area contributed by atoms with E-state index in [9.17, 15) is 4.79 Å². The van der Waals surface area contributed by atoms with Crippen molar-refractivity contribution in [2.75, 3.05) is 0 Å². The summed E-state index contributed by atoms with van der Waals surface area (Å²) in [7, 11) is 0. The van der Waals surface area contributed by atoms with Gasteiger partial charge in [0.15, 0.2) is 5.78 Å². The molecule has 0 radical (unpaired) electrons. The van der Waals surface area contributed by atoms with Crippen LogP contribution < -0.4 is 0 Å². The molecule has 0 aliphatic carbocycles. The first-order valence-electron chi connectivity index (χ1n) is 3.75. The van der Waals surface area contributed by atoms with E-state index in [1.807, 2.05) is 26.8 Å².